The van der Waals surface area contributed by atoms with Gasteiger partial charge in [-0.1, -0.05) is 12.1 Å². The lowest BCUT2D eigenvalue weighted by Gasteiger charge is -2.12. The first kappa shape index (κ1) is 19.3. The molecular weight excluding hydrogens is 371 g/mol. The number of hydrogen-bond donors (Lipinski definition) is 2. The summed E-state index contributed by atoms with van der Waals surface area (Å²) in [5, 5.41) is 3.59. The largest absolute Gasteiger partial charge is 0.416 e. The first-order valence-corrected chi connectivity index (χ1v) is 8.38. The summed E-state index contributed by atoms with van der Waals surface area (Å²) in [5.41, 5.74) is 5.66. The molecule has 3 aromatic rings. The smallest absolute Gasteiger partial charge is 0.366 e. The monoisotopic (exact) mass is 387 g/mol. The first-order valence-electron chi connectivity index (χ1n) is 8.38. The van der Waals surface area contributed by atoms with Crippen LogP contribution in [0.1, 0.15) is 27.9 Å². The number of nitrogens with one attached hydrogen (secondary N) is 1. The number of pyridine rings is 1. The number of fused-ring (bicyclic) bond motifs is 1. The van der Waals surface area contributed by atoms with Crippen LogP contribution < -0.4 is 11.1 Å². The Bertz CT molecular complexity index is 1050. The number of aromatic nitrogens is 1. The van der Waals surface area contributed by atoms with Crippen LogP contribution in [0, 0.1) is 0 Å². The summed E-state index contributed by atoms with van der Waals surface area (Å²) < 4.78 is 38.4. The fourth-order valence-electron chi connectivity index (χ4n) is 2.83. The van der Waals surface area contributed by atoms with Crippen LogP contribution in [0.2, 0.25) is 0 Å². The molecule has 0 saturated carbocycles. The van der Waals surface area contributed by atoms with Crippen LogP contribution in [-0.2, 0) is 17.4 Å². The van der Waals surface area contributed by atoms with E-state index in [1.54, 1.807) is 30.5 Å². The number of halogens is 3. The van der Waals surface area contributed by atoms with E-state index in [0.29, 0.717) is 17.3 Å². The van der Waals surface area contributed by atoms with E-state index in [1.807, 2.05) is 6.07 Å². The van der Waals surface area contributed by atoms with Gasteiger partial charge in [-0.05, 0) is 48.4 Å². The van der Waals surface area contributed by atoms with Crippen molar-refractivity contribution in [2.75, 3.05) is 5.32 Å². The molecule has 0 bridgehead atoms. The Labute approximate surface area is 158 Å². The topological polar surface area (TPSA) is 85.1 Å². The Balaban J connectivity index is 1.70. The summed E-state index contributed by atoms with van der Waals surface area (Å²) in [6.07, 6.45) is -2.85. The number of carbonyl (C=O) groups is 2. The van der Waals surface area contributed by atoms with Gasteiger partial charge in [-0.3, -0.25) is 14.6 Å². The fourth-order valence-corrected chi connectivity index (χ4v) is 2.83. The maximum atomic E-state index is 12.8. The van der Waals surface area contributed by atoms with Crippen LogP contribution in [0.4, 0.5) is 18.9 Å². The molecule has 0 radical (unpaired) electrons. The minimum atomic E-state index is -4.58. The number of nitrogens with two attached hydrogens (primary N) is 1. The summed E-state index contributed by atoms with van der Waals surface area (Å²) in [7, 11) is 0. The zero-order valence-corrected chi connectivity index (χ0v) is 14.6. The van der Waals surface area contributed by atoms with E-state index in [-0.39, 0.29) is 24.3 Å². The molecule has 0 unspecified atom stereocenters. The third kappa shape index (κ3) is 4.46. The van der Waals surface area contributed by atoms with Gasteiger partial charge in [0.15, 0.2) is 0 Å². The van der Waals surface area contributed by atoms with Crippen molar-refractivity contribution in [3.63, 3.8) is 0 Å². The molecule has 0 spiro atoms. The highest BCUT2D eigenvalue weighted by molar-refractivity contribution is 5.96. The predicted octanol–water partition coefficient (Wildman–Crippen LogP) is 3.92. The lowest BCUT2D eigenvalue weighted by molar-refractivity contribution is -0.137. The second-order valence-electron chi connectivity index (χ2n) is 6.19. The normalized spacial score (nSPS) is 11.4. The van der Waals surface area contributed by atoms with Crippen LogP contribution in [0.5, 0.6) is 0 Å². The third-order valence-corrected chi connectivity index (χ3v) is 4.21. The van der Waals surface area contributed by atoms with Gasteiger partial charge >= 0.3 is 6.18 Å². The number of alkyl halides is 3. The molecule has 3 N–H and O–H groups in total. The highest BCUT2D eigenvalue weighted by atomic mass is 19.4. The van der Waals surface area contributed by atoms with Gasteiger partial charge in [0.25, 0.3) is 0 Å². The van der Waals surface area contributed by atoms with E-state index >= 15 is 0 Å². The van der Waals surface area contributed by atoms with Crippen LogP contribution in [0.15, 0.2) is 54.7 Å². The third-order valence-electron chi connectivity index (χ3n) is 4.21. The van der Waals surface area contributed by atoms with E-state index in [1.165, 1.54) is 6.07 Å². The zero-order valence-electron chi connectivity index (χ0n) is 14.6. The van der Waals surface area contributed by atoms with E-state index in [9.17, 15) is 22.8 Å². The van der Waals surface area contributed by atoms with Crippen molar-refractivity contribution in [3.8, 4) is 0 Å². The van der Waals surface area contributed by atoms with Gasteiger partial charge in [-0.2, -0.15) is 13.2 Å². The van der Waals surface area contributed by atoms with Crippen molar-refractivity contribution in [1.29, 1.82) is 0 Å². The molecule has 144 valence electrons. The first-order chi connectivity index (χ1) is 13.2. The molecule has 0 aliphatic rings. The van der Waals surface area contributed by atoms with Crippen molar-refractivity contribution in [2.24, 2.45) is 5.73 Å². The van der Waals surface area contributed by atoms with Gasteiger partial charge in [0.1, 0.15) is 0 Å². The molecule has 0 aliphatic carbocycles. The average molecular weight is 387 g/mol. The van der Waals surface area contributed by atoms with Crippen molar-refractivity contribution in [3.05, 3.63) is 71.4 Å². The average Bonchev–Trinajstić information content (AvgIpc) is 2.65. The van der Waals surface area contributed by atoms with Crippen molar-refractivity contribution in [2.45, 2.75) is 19.0 Å². The number of carbonyl (C=O) groups excluding carboxylic acids is 2. The van der Waals surface area contributed by atoms with E-state index in [2.05, 4.69) is 10.3 Å². The number of rotatable bonds is 5. The van der Waals surface area contributed by atoms with Gasteiger partial charge < -0.3 is 11.1 Å². The van der Waals surface area contributed by atoms with Crippen LogP contribution in [-0.4, -0.2) is 16.8 Å². The molecule has 1 heterocycles. The van der Waals surface area contributed by atoms with E-state index in [0.717, 1.165) is 17.0 Å². The Morgan fingerprint density at radius 1 is 1.07 bits per heavy atom. The Hall–Kier alpha value is -3.42. The molecule has 8 heteroatoms. The Morgan fingerprint density at radius 3 is 2.57 bits per heavy atom. The number of aryl methyl sites for hydroxylation is 1. The lowest BCUT2D eigenvalue weighted by Crippen LogP contribution is -2.18. The number of hydrogen-bond acceptors (Lipinski definition) is 3. The lowest BCUT2D eigenvalue weighted by atomic mass is 9.99. The summed E-state index contributed by atoms with van der Waals surface area (Å²) in [6, 6.07) is 11.7. The molecule has 28 heavy (non-hydrogen) atoms. The Morgan fingerprint density at radius 2 is 1.86 bits per heavy atom. The molecule has 0 aliphatic heterocycles. The van der Waals surface area contributed by atoms with Crippen molar-refractivity contribution in [1.82, 2.24) is 4.98 Å². The number of anilines is 1. The number of nitrogens with zero attached hydrogens (tertiary/aromatic N) is 1. The van der Waals surface area contributed by atoms with Gasteiger partial charge in [0.2, 0.25) is 11.8 Å². The minimum absolute atomic E-state index is 0.0171. The standard InChI is InChI=1S/C20H16F3N3O2/c21-20(22,23)14-5-3-12(16(11-14)19(24)28)4-8-18(27)26-15-6-7-17-13(10-15)2-1-9-25-17/h1-3,5-7,9-11H,4,8H2,(H2,24,28)(H,26,27). The second kappa shape index (κ2) is 7.67. The molecule has 3 rings (SSSR count). The summed E-state index contributed by atoms with van der Waals surface area (Å²) in [5.74, 6) is -1.30. The van der Waals surface area contributed by atoms with Crippen molar-refractivity contribution >= 4 is 28.4 Å². The number of benzene rings is 2. The van der Waals surface area contributed by atoms with Crippen molar-refractivity contribution < 1.29 is 22.8 Å². The molecular formula is C20H16F3N3O2. The summed E-state index contributed by atoms with van der Waals surface area (Å²) in [6.45, 7) is 0. The molecule has 0 atom stereocenters. The maximum Gasteiger partial charge on any atom is 0.416 e. The van der Waals surface area contributed by atoms with Crippen LogP contribution in [0.3, 0.4) is 0 Å². The minimum Gasteiger partial charge on any atom is -0.366 e. The maximum absolute atomic E-state index is 12.8. The van der Waals surface area contributed by atoms with Crippen LogP contribution in [0.25, 0.3) is 10.9 Å². The van der Waals surface area contributed by atoms with Gasteiger partial charge in [0.05, 0.1) is 11.1 Å². The second-order valence-corrected chi connectivity index (χ2v) is 6.19. The molecule has 5 nitrogen and oxygen atoms in total. The van der Waals surface area contributed by atoms with Gasteiger partial charge in [0, 0.05) is 29.3 Å². The molecule has 2 amide bonds. The number of primary amides is 1. The zero-order chi connectivity index (χ0) is 20.3. The molecule has 1 aromatic heterocycles. The molecule has 0 saturated heterocycles. The van der Waals surface area contributed by atoms with Crippen LogP contribution >= 0.6 is 0 Å². The summed E-state index contributed by atoms with van der Waals surface area (Å²) in [4.78, 5) is 27.9. The Kier molecular flexibility index (Phi) is 5.30. The molecule has 2 aromatic carbocycles. The van der Waals surface area contributed by atoms with Gasteiger partial charge in [-0.25, -0.2) is 0 Å². The van der Waals surface area contributed by atoms with E-state index in [4.69, 9.17) is 5.73 Å². The predicted molar refractivity (Wildman–Crippen MR) is 98.7 cm³/mol. The quantitative estimate of drug-likeness (QED) is 0.696. The number of amides is 2. The highest BCUT2D eigenvalue weighted by Gasteiger charge is 2.31. The van der Waals surface area contributed by atoms with Gasteiger partial charge in [-0.15, -0.1) is 0 Å². The van der Waals surface area contributed by atoms with E-state index < -0.39 is 17.6 Å². The SMILES string of the molecule is NC(=O)c1cc(C(F)(F)F)ccc1CCC(=O)Nc1ccc2ncccc2c1. The fraction of sp³-hybridized carbons (Fsp3) is 0.150. The highest BCUT2D eigenvalue weighted by Crippen LogP contribution is 2.30. The summed E-state index contributed by atoms with van der Waals surface area (Å²) >= 11 is 0. The molecule has 0 fully saturated rings.